The molecule has 1 aromatic rings. The summed E-state index contributed by atoms with van der Waals surface area (Å²) in [5, 5.41) is 10.8. The number of aromatic nitrogens is 2. The van der Waals surface area contributed by atoms with Gasteiger partial charge in [-0.2, -0.15) is 0 Å². The highest BCUT2D eigenvalue weighted by Crippen LogP contribution is 2.11. The maximum absolute atomic E-state index is 11.9. The van der Waals surface area contributed by atoms with Gasteiger partial charge in [0.15, 0.2) is 0 Å². The molecular formula is C13H23N5O2S. The van der Waals surface area contributed by atoms with E-state index in [2.05, 4.69) is 32.2 Å². The van der Waals surface area contributed by atoms with E-state index in [0.29, 0.717) is 17.7 Å². The zero-order valence-corrected chi connectivity index (χ0v) is 13.4. The lowest BCUT2D eigenvalue weighted by atomic mass is 10.2. The second-order valence-electron chi connectivity index (χ2n) is 5.11. The summed E-state index contributed by atoms with van der Waals surface area (Å²) in [6.45, 7) is 9.89. The molecule has 1 atom stereocenters. The van der Waals surface area contributed by atoms with E-state index >= 15 is 0 Å². The van der Waals surface area contributed by atoms with E-state index in [-0.39, 0.29) is 5.91 Å². The third-order valence-electron chi connectivity index (χ3n) is 3.55. The van der Waals surface area contributed by atoms with Gasteiger partial charge >= 0.3 is 0 Å². The number of piperazine rings is 1. The van der Waals surface area contributed by atoms with Crippen LogP contribution in [0, 0.1) is 0 Å². The van der Waals surface area contributed by atoms with Crippen molar-refractivity contribution in [2.75, 3.05) is 51.3 Å². The van der Waals surface area contributed by atoms with Crippen molar-refractivity contribution < 1.29 is 9.53 Å². The average Bonchev–Trinajstić information content (AvgIpc) is 2.94. The van der Waals surface area contributed by atoms with Crippen LogP contribution < -0.4 is 5.32 Å². The third-order valence-corrected chi connectivity index (χ3v) is 4.16. The smallest absolute Gasteiger partial charge is 0.240 e. The van der Waals surface area contributed by atoms with E-state index in [4.69, 9.17) is 4.74 Å². The fourth-order valence-electron chi connectivity index (χ4n) is 2.46. The van der Waals surface area contributed by atoms with E-state index in [0.717, 1.165) is 39.4 Å². The van der Waals surface area contributed by atoms with Crippen molar-refractivity contribution >= 4 is 22.4 Å². The average molecular weight is 313 g/mol. The summed E-state index contributed by atoms with van der Waals surface area (Å²) in [4.78, 5) is 16.5. The minimum atomic E-state index is -0.0262. The number of amides is 1. The molecule has 1 aliphatic heterocycles. The molecule has 8 heteroatoms. The maximum atomic E-state index is 11.9. The summed E-state index contributed by atoms with van der Waals surface area (Å²) in [7, 11) is 0. The molecule has 0 unspecified atom stereocenters. The second kappa shape index (κ2) is 8.38. The van der Waals surface area contributed by atoms with Gasteiger partial charge in [-0.25, -0.2) is 0 Å². The standard InChI is InChI=1S/C13H23N5O2S/c1-3-20-7-6-18-5-4-17(8-11(18)2)9-12(19)15-13-16-14-10-21-13/h10-11H,3-9H2,1-2H3,(H,15,16,19)/t11-/m0/s1. The molecule has 1 saturated heterocycles. The van der Waals surface area contributed by atoms with Crippen LogP contribution >= 0.6 is 11.3 Å². The molecule has 2 rings (SSSR count). The normalized spacial score (nSPS) is 20.6. The van der Waals surface area contributed by atoms with Gasteiger partial charge in [0, 0.05) is 38.8 Å². The van der Waals surface area contributed by atoms with Crippen molar-refractivity contribution in [3.63, 3.8) is 0 Å². The molecule has 118 valence electrons. The van der Waals surface area contributed by atoms with Crippen LogP contribution in [0.5, 0.6) is 0 Å². The molecular weight excluding hydrogens is 290 g/mol. The van der Waals surface area contributed by atoms with Crippen LogP contribution in [0.3, 0.4) is 0 Å². The van der Waals surface area contributed by atoms with Crippen molar-refractivity contribution in [1.82, 2.24) is 20.0 Å². The van der Waals surface area contributed by atoms with Crippen LogP contribution in [0.15, 0.2) is 5.51 Å². The van der Waals surface area contributed by atoms with Crippen LogP contribution in [-0.2, 0) is 9.53 Å². The third kappa shape index (κ3) is 5.31. The summed E-state index contributed by atoms with van der Waals surface area (Å²) in [6.07, 6.45) is 0. The molecule has 1 aromatic heterocycles. The molecule has 0 bridgehead atoms. The highest BCUT2D eigenvalue weighted by Gasteiger charge is 2.24. The number of nitrogens with zero attached hydrogens (tertiary/aromatic N) is 4. The molecule has 0 aromatic carbocycles. The SMILES string of the molecule is CCOCCN1CCN(CC(=O)Nc2nncs2)C[C@@H]1C. The fraction of sp³-hybridized carbons (Fsp3) is 0.769. The van der Waals surface area contributed by atoms with Crippen molar-refractivity contribution in [3.05, 3.63) is 5.51 Å². The maximum Gasteiger partial charge on any atom is 0.240 e. The fourth-order valence-corrected chi connectivity index (χ4v) is 2.92. The van der Waals surface area contributed by atoms with Gasteiger partial charge in [-0.1, -0.05) is 11.3 Å². The zero-order valence-electron chi connectivity index (χ0n) is 12.6. The molecule has 7 nitrogen and oxygen atoms in total. The predicted octanol–water partition coefficient (Wildman–Crippen LogP) is 0.519. The van der Waals surface area contributed by atoms with Crippen LogP contribution in [-0.4, -0.2) is 77.9 Å². The van der Waals surface area contributed by atoms with Gasteiger partial charge in [-0.3, -0.25) is 19.9 Å². The van der Waals surface area contributed by atoms with Crippen LogP contribution in [0.2, 0.25) is 0 Å². The van der Waals surface area contributed by atoms with Gasteiger partial charge in [0.1, 0.15) is 5.51 Å². The molecule has 21 heavy (non-hydrogen) atoms. The number of rotatable bonds is 7. The Hall–Kier alpha value is -1.09. The van der Waals surface area contributed by atoms with Crippen molar-refractivity contribution in [3.8, 4) is 0 Å². The van der Waals surface area contributed by atoms with Gasteiger partial charge in [-0.15, -0.1) is 10.2 Å². The Morgan fingerprint density at radius 1 is 1.57 bits per heavy atom. The lowest BCUT2D eigenvalue weighted by Gasteiger charge is -2.39. The Labute approximate surface area is 129 Å². The molecule has 0 aliphatic carbocycles. The lowest BCUT2D eigenvalue weighted by Crippen LogP contribution is -2.54. The first-order valence-electron chi connectivity index (χ1n) is 7.29. The summed E-state index contributed by atoms with van der Waals surface area (Å²) >= 11 is 1.33. The Balaban J connectivity index is 1.70. The van der Waals surface area contributed by atoms with Gasteiger partial charge in [-0.05, 0) is 13.8 Å². The number of hydrogen-bond donors (Lipinski definition) is 1. The first kappa shape index (κ1) is 16.3. The van der Waals surface area contributed by atoms with Gasteiger partial charge in [0.25, 0.3) is 0 Å². The molecule has 1 amide bonds. The van der Waals surface area contributed by atoms with Crippen LogP contribution in [0.4, 0.5) is 5.13 Å². The van der Waals surface area contributed by atoms with Crippen molar-refractivity contribution in [1.29, 1.82) is 0 Å². The number of ether oxygens (including phenoxy) is 1. The van der Waals surface area contributed by atoms with Gasteiger partial charge < -0.3 is 4.74 Å². The summed E-state index contributed by atoms with van der Waals surface area (Å²) in [5.41, 5.74) is 1.61. The monoisotopic (exact) mass is 313 g/mol. The number of carbonyl (C=O) groups is 1. The Morgan fingerprint density at radius 2 is 2.43 bits per heavy atom. The van der Waals surface area contributed by atoms with Crippen molar-refractivity contribution in [2.45, 2.75) is 19.9 Å². The lowest BCUT2D eigenvalue weighted by molar-refractivity contribution is -0.118. The summed E-state index contributed by atoms with van der Waals surface area (Å²) in [6, 6.07) is 0.438. The first-order chi connectivity index (χ1) is 10.2. The summed E-state index contributed by atoms with van der Waals surface area (Å²) < 4.78 is 5.40. The minimum absolute atomic E-state index is 0.0262. The van der Waals surface area contributed by atoms with Crippen LogP contribution in [0.1, 0.15) is 13.8 Å². The number of hydrogen-bond acceptors (Lipinski definition) is 7. The van der Waals surface area contributed by atoms with Gasteiger partial charge in [0.2, 0.25) is 11.0 Å². The zero-order chi connectivity index (χ0) is 15.1. The Bertz CT molecular complexity index is 428. The molecule has 0 spiro atoms. The number of nitrogens with one attached hydrogen (secondary N) is 1. The quantitative estimate of drug-likeness (QED) is 0.740. The first-order valence-corrected chi connectivity index (χ1v) is 8.17. The number of carbonyl (C=O) groups excluding carboxylic acids is 1. The Morgan fingerprint density at radius 3 is 3.10 bits per heavy atom. The largest absolute Gasteiger partial charge is 0.380 e. The molecule has 0 saturated carbocycles. The van der Waals surface area contributed by atoms with E-state index in [1.807, 2.05) is 6.92 Å². The predicted molar refractivity (Wildman–Crippen MR) is 82.5 cm³/mol. The molecule has 1 N–H and O–H groups in total. The Kier molecular flexibility index (Phi) is 6.50. The van der Waals surface area contributed by atoms with E-state index < -0.39 is 0 Å². The van der Waals surface area contributed by atoms with E-state index in [1.54, 1.807) is 5.51 Å². The van der Waals surface area contributed by atoms with Crippen molar-refractivity contribution in [2.24, 2.45) is 0 Å². The summed E-state index contributed by atoms with van der Waals surface area (Å²) in [5.74, 6) is -0.0262. The molecule has 2 heterocycles. The van der Waals surface area contributed by atoms with E-state index in [1.165, 1.54) is 11.3 Å². The molecule has 1 aliphatic rings. The number of anilines is 1. The van der Waals surface area contributed by atoms with E-state index in [9.17, 15) is 4.79 Å². The molecule has 0 radical (unpaired) electrons. The van der Waals surface area contributed by atoms with Crippen LogP contribution in [0.25, 0.3) is 0 Å². The highest BCUT2D eigenvalue weighted by molar-refractivity contribution is 7.13. The second-order valence-corrected chi connectivity index (χ2v) is 5.94. The van der Waals surface area contributed by atoms with Gasteiger partial charge in [0.05, 0.1) is 13.2 Å². The minimum Gasteiger partial charge on any atom is -0.380 e. The highest BCUT2D eigenvalue weighted by atomic mass is 32.1. The molecule has 1 fully saturated rings. The topological polar surface area (TPSA) is 70.6 Å².